The number of ether oxygens (including phenoxy) is 1. The maximum atomic E-state index is 12.0. The Hall–Kier alpha value is -1.54. The molecule has 0 fully saturated rings. The zero-order valence-electron chi connectivity index (χ0n) is 8.93. The Labute approximate surface area is 97.4 Å². The molecule has 0 bridgehead atoms. The first kappa shape index (κ1) is 16.5. The van der Waals surface area contributed by atoms with E-state index in [1.165, 1.54) is 6.92 Å². The van der Waals surface area contributed by atoms with Crippen molar-refractivity contribution in [3.05, 3.63) is 12.3 Å². The molecule has 0 N–H and O–H groups in total. The molecule has 0 aromatic heterocycles. The van der Waals surface area contributed by atoms with Gasteiger partial charge in [0.05, 0.1) is 12.9 Å². The lowest BCUT2D eigenvalue weighted by Gasteiger charge is -2.14. The number of halogens is 6. The summed E-state index contributed by atoms with van der Waals surface area (Å²) in [5.41, 5.74) is 0. The molecule has 18 heavy (non-hydrogen) atoms. The van der Waals surface area contributed by atoms with Crippen LogP contribution in [0, 0.1) is 5.92 Å². The van der Waals surface area contributed by atoms with E-state index in [9.17, 15) is 35.9 Å². The molecule has 0 spiro atoms. The number of ketones is 2. The number of carbonyl (C=O) groups is 2. The Morgan fingerprint density at radius 3 is 1.72 bits per heavy atom. The molecule has 0 atom stereocenters. The van der Waals surface area contributed by atoms with Crippen molar-refractivity contribution in [2.24, 2.45) is 5.92 Å². The minimum Gasteiger partial charge on any atom is -0.502 e. The summed E-state index contributed by atoms with van der Waals surface area (Å²) in [6, 6.07) is 0. The van der Waals surface area contributed by atoms with Gasteiger partial charge in [0.2, 0.25) is 0 Å². The highest BCUT2D eigenvalue weighted by atomic mass is 19.4. The third-order valence-corrected chi connectivity index (χ3v) is 1.66. The predicted octanol–water partition coefficient (Wildman–Crippen LogP) is 2.42. The summed E-state index contributed by atoms with van der Waals surface area (Å²) in [7, 11) is 0. The lowest BCUT2D eigenvalue weighted by molar-refractivity contribution is -0.187. The third kappa shape index (κ3) is 4.76. The van der Waals surface area contributed by atoms with Crippen molar-refractivity contribution in [2.75, 3.05) is 6.61 Å². The van der Waals surface area contributed by atoms with E-state index in [2.05, 4.69) is 4.74 Å². The van der Waals surface area contributed by atoms with Gasteiger partial charge in [0.25, 0.3) is 11.6 Å². The van der Waals surface area contributed by atoms with Gasteiger partial charge in [-0.3, -0.25) is 9.59 Å². The fourth-order valence-corrected chi connectivity index (χ4v) is 0.877. The zero-order chi connectivity index (χ0) is 14.6. The summed E-state index contributed by atoms with van der Waals surface area (Å²) < 4.78 is 76.4. The molecule has 104 valence electrons. The molecule has 0 radical (unpaired) electrons. The molecule has 0 aliphatic rings. The fraction of sp³-hybridized carbons (Fsp3) is 0.556. The Kier molecular flexibility index (Phi) is 5.37. The molecule has 0 saturated heterocycles. The molecule has 0 amide bonds. The highest BCUT2D eigenvalue weighted by Crippen LogP contribution is 2.28. The van der Waals surface area contributed by atoms with Gasteiger partial charge in [0.15, 0.2) is 0 Å². The van der Waals surface area contributed by atoms with Gasteiger partial charge < -0.3 is 4.74 Å². The van der Waals surface area contributed by atoms with E-state index in [4.69, 9.17) is 0 Å². The monoisotopic (exact) mass is 278 g/mol. The number of hydrogen-bond donors (Lipinski definition) is 0. The topological polar surface area (TPSA) is 43.4 Å². The third-order valence-electron chi connectivity index (χ3n) is 1.66. The summed E-state index contributed by atoms with van der Waals surface area (Å²) in [6.45, 7) is 1.38. The van der Waals surface area contributed by atoms with Crippen molar-refractivity contribution in [3.8, 4) is 0 Å². The summed E-state index contributed by atoms with van der Waals surface area (Å²) in [5.74, 6) is -8.56. The maximum Gasteiger partial charge on any atom is 0.451 e. The van der Waals surface area contributed by atoms with Crippen molar-refractivity contribution < 1.29 is 40.7 Å². The molecular weight excluding hydrogens is 270 g/mol. The van der Waals surface area contributed by atoms with E-state index in [1.54, 1.807) is 0 Å². The second kappa shape index (κ2) is 5.87. The van der Waals surface area contributed by atoms with Gasteiger partial charge >= 0.3 is 12.4 Å². The van der Waals surface area contributed by atoms with Crippen molar-refractivity contribution in [2.45, 2.75) is 19.3 Å². The van der Waals surface area contributed by atoms with E-state index in [-0.39, 0.29) is 12.7 Å². The van der Waals surface area contributed by atoms with Gasteiger partial charge in [0, 0.05) is 0 Å². The normalized spacial score (nSPS) is 13.1. The lowest BCUT2D eigenvalue weighted by atomic mass is 9.98. The van der Waals surface area contributed by atoms with Gasteiger partial charge in [-0.2, -0.15) is 26.3 Å². The van der Waals surface area contributed by atoms with Gasteiger partial charge in [-0.05, 0) is 13.0 Å². The van der Waals surface area contributed by atoms with Gasteiger partial charge in [0.1, 0.15) is 5.92 Å². The van der Waals surface area contributed by atoms with E-state index in [0.29, 0.717) is 6.26 Å². The second-order valence-electron chi connectivity index (χ2n) is 2.99. The van der Waals surface area contributed by atoms with Crippen LogP contribution in [0.2, 0.25) is 0 Å². The largest absolute Gasteiger partial charge is 0.502 e. The first-order chi connectivity index (χ1) is 8.01. The van der Waals surface area contributed by atoms with Crippen LogP contribution in [-0.4, -0.2) is 30.5 Å². The number of rotatable bonds is 5. The molecular formula is C9H8F6O3. The molecule has 0 aliphatic carbocycles. The SMILES string of the molecule is CCO/C=C/C(C(=O)C(F)(F)F)C(=O)C(F)(F)F. The van der Waals surface area contributed by atoms with Gasteiger partial charge in [-0.1, -0.05) is 0 Å². The molecule has 3 nitrogen and oxygen atoms in total. The number of carbonyl (C=O) groups excluding carboxylic acids is 2. The Bertz CT molecular complexity index is 315. The highest BCUT2D eigenvalue weighted by molar-refractivity contribution is 6.08. The number of Topliss-reactive ketones (excluding diaryl/α,β-unsaturated/α-hetero) is 2. The van der Waals surface area contributed by atoms with Crippen LogP contribution in [0.5, 0.6) is 0 Å². The summed E-state index contributed by atoms with van der Waals surface area (Å²) in [5, 5.41) is 0. The van der Waals surface area contributed by atoms with E-state index >= 15 is 0 Å². The van der Waals surface area contributed by atoms with Crippen LogP contribution in [0.4, 0.5) is 26.3 Å². The number of allylic oxidation sites excluding steroid dienone is 1. The average molecular weight is 278 g/mol. The van der Waals surface area contributed by atoms with Crippen molar-refractivity contribution >= 4 is 11.6 Å². The molecule has 0 heterocycles. The van der Waals surface area contributed by atoms with E-state index < -0.39 is 29.8 Å². The summed E-state index contributed by atoms with van der Waals surface area (Å²) >= 11 is 0. The zero-order valence-corrected chi connectivity index (χ0v) is 8.93. The molecule has 0 saturated carbocycles. The van der Waals surface area contributed by atoms with Crippen LogP contribution in [0.1, 0.15) is 6.92 Å². The van der Waals surface area contributed by atoms with Crippen LogP contribution in [-0.2, 0) is 14.3 Å². The van der Waals surface area contributed by atoms with Crippen LogP contribution < -0.4 is 0 Å². The molecule has 0 aromatic rings. The Morgan fingerprint density at radius 1 is 1.06 bits per heavy atom. The van der Waals surface area contributed by atoms with Crippen molar-refractivity contribution in [3.63, 3.8) is 0 Å². The van der Waals surface area contributed by atoms with Gasteiger partial charge in [-0.15, -0.1) is 0 Å². The molecule has 0 unspecified atom stereocenters. The predicted molar refractivity (Wildman–Crippen MR) is 46.4 cm³/mol. The smallest absolute Gasteiger partial charge is 0.451 e. The molecule has 0 rings (SSSR count). The fourth-order valence-electron chi connectivity index (χ4n) is 0.877. The van der Waals surface area contributed by atoms with Gasteiger partial charge in [-0.25, -0.2) is 0 Å². The first-order valence-electron chi connectivity index (χ1n) is 4.52. The minimum atomic E-state index is -5.54. The van der Waals surface area contributed by atoms with Crippen molar-refractivity contribution in [1.29, 1.82) is 0 Å². The van der Waals surface area contributed by atoms with Crippen LogP contribution in [0.15, 0.2) is 12.3 Å². The quantitative estimate of drug-likeness (QED) is 0.440. The lowest BCUT2D eigenvalue weighted by Crippen LogP contribution is -2.40. The standard InChI is InChI=1S/C9H8F6O3/c1-2-18-4-3-5(6(16)8(10,11)12)7(17)9(13,14)15/h3-5H,2H2,1H3/b4-3+. The van der Waals surface area contributed by atoms with E-state index in [0.717, 1.165) is 0 Å². The molecule has 9 heteroatoms. The maximum absolute atomic E-state index is 12.0. The number of hydrogen-bond acceptors (Lipinski definition) is 3. The minimum absolute atomic E-state index is 0.0381. The summed E-state index contributed by atoms with van der Waals surface area (Å²) in [6.07, 6.45) is -10.5. The van der Waals surface area contributed by atoms with Crippen LogP contribution >= 0.6 is 0 Å². The Balaban J connectivity index is 5.20. The first-order valence-corrected chi connectivity index (χ1v) is 4.52. The Morgan fingerprint density at radius 2 is 1.44 bits per heavy atom. The van der Waals surface area contributed by atoms with Crippen LogP contribution in [0.25, 0.3) is 0 Å². The summed E-state index contributed by atoms with van der Waals surface area (Å²) in [4.78, 5) is 21.4. The second-order valence-corrected chi connectivity index (χ2v) is 2.99. The molecule has 0 aromatic carbocycles. The molecule has 0 aliphatic heterocycles. The van der Waals surface area contributed by atoms with Crippen molar-refractivity contribution in [1.82, 2.24) is 0 Å². The number of alkyl halides is 6. The van der Waals surface area contributed by atoms with E-state index in [1.807, 2.05) is 0 Å². The average Bonchev–Trinajstić information content (AvgIpc) is 2.20. The highest BCUT2D eigenvalue weighted by Gasteiger charge is 2.52. The van der Waals surface area contributed by atoms with Crippen LogP contribution in [0.3, 0.4) is 0 Å².